The Morgan fingerprint density at radius 3 is 2.53 bits per heavy atom. The van der Waals surface area contributed by atoms with Gasteiger partial charge in [0.05, 0.1) is 17.6 Å². The first kappa shape index (κ1) is 13.2. The van der Waals surface area contributed by atoms with Crippen molar-refractivity contribution in [3.8, 4) is 6.07 Å². The van der Waals surface area contributed by atoms with Crippen molar-refractivity contribution >= 4 is 5.78 Å². The van der Waals surface area contributed by atoms with Gasteiger partial charge in [-0.2, -0.15) is 18.4 Å². The number of nitrogens with zero attached hydrogens (tertiary/aromatic N) is 1. The maximum atomic E-state index is 12.6. The average molecular weight is 241 g/mol. The molecule has 1 atom stereocenters. The molecule has 0 aliphatic heterocycles. The summed E-state index contributed by atoms with van der Waals surface area (Å²) in [7, 11) is 0. The zero-order chi connectivity index (χ0) is 13.1. The van der Waals surface area contributed by atoms with Gasteiger partial charge in [-0.3, -0.25) is 4.79 Å². The van der Waals surface area contributed by atoms with Gasteiger partial charge in [0, 0.05) is 12.0 Å². The van der Waals surface area contributed by atoms with E-state index in [0.29, 0.717) is 0 Å². The summed E-state index contributed by atoms with van der Waals surface area (Å²) in [4.78, 5) is 11.6. The molecule has 0 aliphatic carbocycles. The van der Waals surface area contributed by atoms with E-state index in [4.69, 9.17) is 5.26 Å². The number of hydrogen-bond donors (Lipinski definition) is 0. The third-order valence-corrected chi connectivity index (χ3v) is 2.24. The summed E-state index contributed by atoms with van der Waals surface area (Å²) < 4.78 is 37.8. The first-order valence-electron chi connectivity index (χ1n) is 4.95. The van der Waals surface area contributed by atoms with Crippen LogP contribution in [0.5, 0.6) is 0 Å². The zero-order valence-electron chi connectivity index (χ0n) is 9.08. The van der Waals surface area contributed by atoms with Crippen LogP contribution in [0.2, 0.25) is 0 Å². The van der Waals surface area contributed by atoms with Gasteiger partial charge in [0.15, 0.2) is 5.78 Å². The lowest BCUT2D eigenvalue weighted by molar-refractivity contribution is -0.137. The number of halogens is 3. The Labute approximate surface area is 96.7 Å². The van der Waals surface area contributed by atoms with Crippen LogP contribution in [0, 0.1) is 17.2 Å². The highest BCUT2D eigenvalue weighted by atomic mass is 19.4. The molecule has 0 aliphatic rings. The van der Waals surface area contributed by atoms with Crippen LogP contribution in [-0.2, 0) is 6.18 Å². The molecule has 0 saturated carbocycles. The monoisotopic (exact) mass is 241 g/mol. The SMILES string of the molecule is CC(C#N)CC(=O)c1ccccc1C(F)(F)F. The fraction of sp³-hybridized carbons (Fsp3) is 0.333. The van der Waals surface area contributed by atoms with Crippen molar-refractivity contribution in [2.75, 3.05) is 0 Å². The fourth-order valence-corrected chi connectivity index (χ4v) is 1.41. The summed E-state index contributed by atoms with van der Waals surface area (Å²) >= 11 is 0. The van der Waals surface area contributed by atoms with Gasteiger partial charge < -0.3 is 0 Å². The van der Waals surface area contributed by atoms with Gasteiger partial charge in [0.1, 0.15) is 0 Å². The second kappa shape index (κ2) is 5.00. The van der Waals surface area contributed by atoms with E-state index in [1.807, 2.05) is 6.07 Å². The lowest BCUT2D eigenvalue weighted by Crippen LogP contribution is -2.14. The molecular formula is C12H10F3NO. The summed E-state index contributed by atoms with van der Waals surface area (Å²) in [6.07, 6.45) is -4.76. The molecule has 1 unspecified atom stereocenters. The molecule has 5 heteroatoms. The standard InChI is InChI=1S/C12H10F3NO/c1-8(7-16)6-11(17)9-4-2-3-5-10(9)12(13,14)15/h2-5,8H,6H2,1H3. The van der Waals surface area contributed by atoms with E-state index in [2.05, 4.69) is 0 Å². The molecule has 0 saturated heterocycles. The number of nitriles is 1. The quantitative estimate of drug-likeness (QED) is 0.760. The van der Waals surface area contributed by atoms with Gasteiger partial charge in [-0.1, -0.05) is 18.2 Å². The van der Waals surface area contributed by atoms with Gasteiger partial charge in [-0.15, -0.1) is 0 Å². The summed E-state index contributed by atoms with van der Waals surface area (Å²) in [5, 5.41) is 8.54. The molecule has 1 rings (SSSR count). The van der Waals surface area contributed by atoms with Crippen molar-refractivity contribution in [2.24, 2.45) is 5.92 Å². The van der Waals surface area contributed by atoms with Gasteiger partial charge in [0.2, 0.25) is 0 Å². The molecule has 90 valence electrons. The molecule has 0 heterocycles. The van der Waals surface area contributed by atoms with E-state index < -0.39 is 23.4 Å². The number of rotatable bonds is 3. The Morgan fingerprint density at radius 1 is 1.41 bits per heavy atom. The molecule has 0 amide bonds. The maximum Gasteiger partial charge on any atom is 0.417 e. The highest BCUT2D eigenvalue weighted by molar-refractivity contribution is 5.97. The van der Waals surface area contributed by atoms with Crippen molar-refractivity contribution < 1.29 is 18.0 Å². The second-order valence-electron chi connectivity index (χ2n) is 3.70. The Kier molecular flexibility index (Phi) is 3.89. The second-order valence-corrected chi connectivity index (χ2v) is 3.70. The van der Waals surface area contributed by atoms with Crippen LogP contribution < -0.4 is 0 Å². The molecule has 0 aromatic heterocycles. The summed E-state index contributed by atoms with van der Waals surface area (Å²) in [6.45, 7) is 1.49. The van der Waals surface area contributed by atoms with Crippen LogP contribution in [0.3, 0.4) is 0 Å². The minimum absolute atomic E-state index is 0.205. The summed E-state index contributed by atoms with van der Waals surface area (Å²) in [5.74, 6) is -1.25. The Hall–Kier alpha value is -1.83. The predicted molar refractivity (Wildman–Crippen MR) is 55.2 cm³/mol. The molecule has 17 heavy (non-hydrogen) atoms. The van der Waals surface area contributed by atoms with E-state index in [-0.39, 0.29) is 12.0 Å². The summed E-state index contributed by atoms with van der Waals surface area (Å²) in [6, 6.07) is 6.43. The smallest absolute Gasteiger partial charge is 0.294 e. The molecule has 0 spiro atoms. The van der Waals surface area contributed by atoms with Crippen molar-refractivity contribution in [3.63, 3.8) is 0 Å². The summed E-state index contributed by atoms with van der Waals surface area (Å²) in [5.41, 5.74) is -1.32. The minimum Gasteiger partial charge on any atom is -0.294 e. The van der Waals surface area contributed by atoms with Crippen molar-refractivity contribution in [1.29, 1.82) is 5.26 Å². The lowest BCUT2D eigenvalue weighted by Gasteiger charge is -2.11. The number of ketones is 1. The van der Waals surface area contributed by atoms with Crippen LogP contribution in [0.25, 0.3) is 0 Å². The van der Waals surface area contributed by atoms with E-state index >= 15 is 0 Å². The predicted octanol–water partition coefficient (Wildman–Crippen LogP) is 3.44. The molecule has 2 nitrogen and oxygen atoms in total. The lowest BCUT2D eigenvalue weighted by atomic mass is 9.97. The normalized spacial score (nSPS) is 12.9. The van der Waals surface area contributed by atoms with E-state index in [1.54, 1.807) is 0 Å². The van der Waals surface area contributed by atoms with E-state index in [1.165, 1.54) is 19.1 Å². The number of carbonyl (C=O) groups excluding carboxylic acids is 1. The van der Waals surface area contributed by atoms with Crippen LogP contribution in [0.1, 0.15) is 29.3 Å². The molecule has 0 fully saturated rings. The van der Waals surface area contributed by atoms with Gasteiger partial charge >= 0.3 is 6.18 Å². The van der Waals surface area contributed by atoms with Crippen LogP contribution in [0.4, 0.5) is 13.2 Å². The Balaban J connectivity index is 3.07. The number of Topliss-reactive ketones (excluding diaryl/α,β-unsaturated/α-hetero) is 1. The van der Waals surface area contributed by atoms with Crippen LogP contribution in [0.15, 0.2) is 24.3 Å². The third kappa shape index (κ3) is 3.31. The Bertz CT molecular complexity index is 460. The van der Waals surface area contributed by atoms with Crippen LogP contribution in [-0.4, -0.2) is 5.78 Å². The zero-order valence-corrected chi connectivity index (χ0v) is 9.08. The van der Waals surface area contributed by atoms with E-state index in [9.17, 15) is 18.0 Å². The number of hydrogen-bond acceptors (Lipinski definition) is 2. The first-order valence-corrected chi connectivity index (χ1v) is 4.95. The topological polar surface area (TPSA) is 40.9 Å². The van der Waals surface area contributed by atoms with Crippen LogP contribution >= 0.6 is 0 Å². The van der Waals surface area contributed by atoms with Gasteiger partial charge in [-0.25, -0.2) is 0 Å². The van der Waals surface area contributed by atoms with Gasteiger partial charge in [-0.05, 0) is 13.0 Å². The molecule has 1 aromatic carbocycles. The first-order chi connectivity index (χ1) is 7.86. The number of carbonyl (C=O) groups is 1. The minimum atomic E-state index is -4.55. The van der Waals surface area contributed by atoms with E-state index in [0.717, 1.165) is 12.1 Å². The maximum absolute atomic E-state index is 12.6. The molecule has 0 radical (unpaired) electrons. The molecule has 0 N–H and O–H groups in total. The number of benzene rings is 1. The van der Waals surface area contributed by atoms with Crippen molar-refractivity contribution in [2.45, 2.75) is 19.5 Å². The van der Waals surface area contributed by atoms with Gasteiger partial charge in [0.25, 0.3) is 0 Å². The third-order valence-electron chi connectivity index (χ3n) is 2.24. The molecule has 1 aromatic rings. The largest absolute Gasteiger partial charge is 0.417 e. The van der Waals surface area contributed by atoms with Crippen molar-refractivity contribution in [1.82, 2.24) is 0 Å². The van der Waals surface area contributed by atoms with Crippen molar-refractivity contribution in [3.05, 3.63) is 35.4 Å². The highest BCUT2D eigenvalue weighted by Gasteiger charge is 2.34. The fourth-order valence-electron chi connectivity index (χ4n) is 1.41. The number of alkyl halides is 3. The molecular weight excluding hydrogens is 231 g/mol. The molecule has 0 bridgehead atoms. The Morgan fingerprint density at radius 2 is 2.00 bits per heavy atom. The highest BCUT2D eigenvalue weighted by Crippen LogP contribution is 2.32. The average Bonchev–Trinajstić information content (AvgIpc) is 2.27.